The fourth-order valence-corrected chi connectivity index (χ4v) is 5.00. The Balaban J connectivity index is 1.61. The van der Waals surface area contributed by atoms with E-state index in [1.807, 2.05) is 6.92 Å². The lowest BCUT2D eigenvalue weighted by atomic mass is 10.0. The maximum atomic E-state index is 15.4. The van der Waals surface area contributed by atoms with E-state index in [4.69, 9.17) is 0 Å². The lowest BCUT2D eigenvalue weighted by Crippen LogP contribution is -2.34. The van der Waals surface area contributed by atoms with Crippen LogP contribution < -0.4 is 11.0 Å². The zero-order valence-electron chi connectivity index (χ0n) is 20.6. The average molecular weight is 504 g/mol. The topological polar surface area (TPSA) is 91.7 Å². The van der Waals surface area contributed by atoms with Crippen molar-refractivity contribution in [3.63, 3.8) is 0 Å². The molecule has 0 aliphatic carbocycles. The van der Waals surface area contributed by atoms with Gasteiger partial charge in [0.25, 0.3) is 0 Å². The van der Waals surface area contributed by atoms with Crippen LogP contribution in [0.2, 0.25) is 0 Å². The summed E-state index contributed by atoms with van der Waals surface area (Å²) in [6.45, 7) is 5.27. The maximum absolute atomic E-state index is 15.4. The summed E-state index contributed by atoms with van der Waals surface area (Å²) in [5.41, 5.74) is 2.21. The van der Waals surface area contributed by atoms with E-state index in [0.29, 0.717) is 39.1 Å². The van der Waals surface area contributed by atoms with Crippen molar-refractivity contribution in [2.45, 2.75) is 26.8 Å². The molecule has 0 amide bonds. The van der Waals surface area contributed by atoms with Crippen molar-refractivity contribution in [2.24, 2.45) is 7.05 Å². The van der Waals surface area contributed by atoms with Gasteiger partial charge in [-0.3, -0.25) is 18.6 Å². The number of hydrogen-bond acceptors (Lipinski definition) is 5. The van der Waals surface area contributed by atoms with Crippen LogP contribution in [0.5, 0.6) is 0 Å². The first-order valence-electron chi connectivity index (χ1n) is 11.7. The molecule has 11 heteroatoms. The molecule has 4 heterocycles. The predicted molar refractivity (Wildman–Crippen MR) is 133 cm³/mol. The number of ketones is 1. The van der Waals surface area contributed by atoms with Crippen LogP contribution in [0.25, 0.3) is 28.1 Å². The Bertz CT molecular complexity index is 1780. The molecule has 37 heavy (non-hydrogen) atoms. The number of aryl methyl sites for hydroxylation is 3. The smallest absolute Gasteiger partial charge is 0.303 e. The second-order valence-electron chi connectivity index (χ2n) is 9.34. The number of carbonyl (C=O) groups excluding carboxylic acids is 1. The number of Topliss-reactive ketones (excluding diaryl/α,β-unsaturated/α-hetero) is 1. The highest BCUT2D eigenvalue weighted by atomic mass is 19.1. The van der Waals surface area contributed by atoms with Crippen LogP contribution in [0.15, 0.2) is 47.7 Å². The molecule has 0 saturated heterocycles. The highest BCUT2D eigenvalue weighted by molar-refractivity contribution is 5.99. The first kappa shape index (κ1) is 23.0. The highest BCUT2D eigenvalue weighted by Gasteiger charge is 2.33. The van der Waals surface area contributed by atoms with E-state index in [-0.39, 0.29) is 35.6 Å². The van der Waals surface area contributed by atoms with E-state index in [1.54, 1.807) is 43.8 Å². The summed E-state index contributed by atoms with van der Waals surface area (Å²) in [6.07, 6.45) is 4.40. The van der Waals surface area contributed by atoms with Crippen LogP contribution in [0.1, 0.15) is 40.1 Å². The number of imidazole rings is 1. The van der Waals surface area contributed by atoms with Gasteiger partial charge in [-0.1, -0.05) is 0 Å². The standard InChI is InChI=1S/C26H23F2N7O2/c1-13-9-16(10-14(2)22(13)27)35-25(21-15(3)29-12-20(36)24(21)31-35)34-8-7-33(26(34)37)19-6-5-18-17(23(19)28)11-30-32(18)4/h5-11,15,29H,12H2,1-4H3/t15-/m0/s1. The highest BCUT2D eigenvalue weighted by Crippen LogP contribution is 2.32. The number of benzene rings is 2. The second kappa shape index (κ2) is 8.07. The van der Waals surface area contributed by atoms with Crippen molar-refractivity contribution in [3.8, 4) is 17.2 Å². The molecule has 1 aliphatic heterocycles. The lowest BCUT2D eigenvalue weighted by Gasteiger charge is -2.20. The van der Waals surface area contributed by atoms with Crippen molar-refractivity contribution >= 4 is 16.7 Å². The van der Waals surface area contributed by atoms with E-state index in [9.17, 15) is 14.0 Å². The van der Waals surface area contributed by atoms with Gasteiger partial charge < -0.3 is 5.32 Å². The van der Waals surface area contributed by atoms with Crippen LogP contribution in [-0.2, 0) is 7.05 Å². The Morgan fingerprint density at radius 2 is 1.73 bits per heavy atom. The van der Waals surface area contributed by atoms with Crippen LogP contribution in [0, 0.1) is 25.5 Å². The molecule has 188 valence electrons. The van der Waals surface area contributed by atoms with Gasteiger partial charge in [0.05, 0.1) is 35.0 Å². The van der Waals surface area contributed by atoms with E-state index in [2.05, 4.69) is 15.5 Å². The fraction of sp³-hybridized carbons (Fsp3) is 0.231. The third kappa shape index (κ3) is 3.30. The molecule has 9 nitrogen and oxygen atoms in total. The summed E-state index contributed by atoms with van der Waals surface area (Å²) >= 11 is 0. The summed E-state index contributed by atoms with van der Waals surface area (Å²) < 4.78 is 35.4. The first-order chi connectivity index (χ1) is 17.7. The zero-order chi connectivity index (χ0) is 26.2. The van der Waals surface area contributed by atoms with Gasteiger partial charge in [-0.15, -0.1) is 0 Å². The van der Waals surface area contributed by atoms with Crippen molar-refractivity contribution in [1.29, 1.82) is 0 Å². The Morgan fingerprint density at radius 1 is 1.03 bits per heavy atom. The van der Waals surface area contributed by atoms with E-state index in [0.717, 1.165) is 0 Å². The predicted octanol–water partition coefficient (Wildman–Crippen LogP) is 3.44. The number of carbonyl (C=O) groups is 1. The van der Waals surface area contributed by atoms with Gasteiger partial charge in [0, 0.05) is 31.0 Å². The van der Waals surface area contributed by atoms with Gasteiger partial charge in [0.2, 0.25) is 0 Å². The Hall–Kier alpha value is -4.38. The van der Waals surface area contributed by atoms with Gasteiger partial charge in [0.1, 0.15) is 17.3 Å². The molecule has 0 radical (unpaired) electrons. The van der Waals surface area contributed by atoms with E-state index in [1.165, 1.54) is 38.5 Å². The number of aromatic nitrogens is 6. The molecule has 0 unspecified atom stereocenters. The normalized spacial score (nSPS) is 15.5. The van der Waals surface area contributed by atoms with Gasteiger partial charge in [-0.2, -0.15) is 10.2 Å². The van der Waals surface area contributed by atoms with Crippen molar-refractivity contribution < 1.29 is 13.6 Å². The number of nitrogens with zero attached hydrogens (tertiary/aromatic N) is 6. The van der Waals surface area contributed by atoms with Crippen molar-refractivity contribution in [1.82, 2.24) is 34.0 Å². The summed E-state index contributed by atoms with van der Waals surface area (Å²) in [4.78, 5) is 26.5. The molecule has 2 aromatic carbocycles. The number of nitrogens with one attached hydrogen (secondary N) is 1. The molecule has 0 spiro atoms. The summed E-state index contributed by atoms with van der Waals surface area (Å²) in [6, 6.07) is 6.16. The molecular formula is C26H23F2N7O2. The van der Waals surface area contributed by atoms with Crippen LogP contribution in [-0.4, -0.2) is 41.0 Å². The minimum atomic E-state index is -0.573. The third-order valence-corrected chi connectivity index (χ3v) is 6.94. The molecule has 0 saturated carbocycles. The molecular weight excluding hydrogens is 480 g/mol. The summed E-state index contributed by atoms with van der Waals surface area (Å²) in [5.74, 6) is -0.793. The summed E-state index contributed by atoms with van der Waals surface area (Å²) in [5, 5.41) is 12.1. The maximum Gasteiger partial charge on any atom is 0.338 e. The molecule has 0 fully saturated rings. The quantitative estimate of drug-likeness (QED) is 0.407. The summed E-state index contributed by atoms with van der Waals surface area (Å²) in [7, 11) is 1.71. The molecule has 5 aromatic rings. The van der Waals surface area contributed by atoms with Crippen molar-refractivity contribution in [2.75, 3.05) is 6.54 Å². The number of fused-ring (bicyclic) bond motifs is 2. The van der Waals surface area contributed by atoms with Crippen molar-refractivity contribution in [3.05, 3.63) is 87.4 Å². The number of rotatable bonds is 3. The van der Waals surface area contributed by atoms with Gasteiger partial charge >= 0.3 is 5.69 Å². The van der Waals surface area contributed by atoms with Crippen LogP contribution in [0.4, 0.5) is 8.78 Å². The minimum Gasteiger partial charge on any atom is -0.303 e. The largest absolute Gasteiger partial charge is 0.338 e. The van der Waals surface area contributed by atoms with Gasteiger partial charge in [-0.05, 0) is 56.2 Å². The third-order valence-electron chi connectivity index (χ3n) is 6.94. The Kier molecular flexibility index (Phi) is 5.02. The number of hydrogen-bond donors (Lipinski definition) is 1. The monoisotopic (exact) mass is 503 g/mol. The Labute approximate surface area is 209 Å². The SMILES string of the molecule is Cc1cc(-n2nc3c(c2-n2ccn(-c4ccc5c(cnn5C)c4F)c2=O)[C@H](C)NCC3=O)cc(C)c1F. The second-order valence-corrected chi connectivity index (χ2v) is 9.34. The lowest BCUT2D eigenvalue weighted by molar-refractivity contribution is 0.0971. The molecule has 1 N–H and O–H groups in total. The molecule has 6 rings (SSSR count). The van der Waals surface area contributed by atoms with Crippen LogP contribution >= 0.6 is 0 Å². The molecule has 1 aliphatic rings. The molecule has 1 atom stereocenters. The Morgan fingerprint density at radius 3 is 2.46 bits per heavy atom. The van der Waals surface area contributed by atoms with Gasteiger partial charge in [0.15, 0.2) is 11.6 Å². The molecule has 0 bridgehead atoms. The first-order valence-corrected chi connectivity index (χ1v) is 11.7. The molecule has 3 aromatic heterocycles. The minimum absolute atomic E-state index is 0.0694. The van der Waals surface area contributed by atoms with Crippen LogP contribution in [0.3, 0.4) is 0 Å². The zero-order valence-corrected chi connectivity index (χ0v) is 20.6. The van der Waals surface area contributed by atoms with Gasteiger partial charge in [-0.25, -0.2) is 18.3 Å². The van der Waals surface area contributed by atoms with E-state index < -0.39 is 11.5 Å². The fourth-order valence-electron chi connectivity index (χ4n) is 5.00. The average Bonchev–Trinajstić information content (AvgIpc) is 3.56. The van der Waals surface area contributed by atoms with E-state index >= 15 is 4.39 Å². The number of halogens is 2.